The van der Waals surface area contributed by atoms with Crippen molar-refractivity contribution in [3.05, 3.63) is 96.1 Å². The first kappa shape index (κ1) is 21.5. The normalized spacial score (nSPS) is 11.8. The van der Waals surface area contributed by atoms with Crippen molar-refractivity contribution >= 4 is 32.8 Å². The second-order valence-corrected chi connectivity index (χ2v) is 9.53. The molecule has 0 radical (unpaired) electrons. The van der Waals surface area contributed by atoms with Crippen molar-refractivity contribution in [2.24, 2.45) is 7.05 Å². The van der Waals surface area contributed by atoms with Gasteiger partial charge in [0.1, 0.15) is 24.0 Å². The Hall–Kier alpha value is -4.05. The SMILES string of the molecule is Cc1ccc2c(oc3c(-c4cccc5cccnc45)c(F)ccc32)c1-c1cc(C(C)C)cc[n+]1C. The molecule has 35 heavy (non-hydrogen) atoms. The predicted octanol–water partition coefficient (Wildman–Crippen LogP) is 7.86. The molecule has 0 aliphatic rings. The lowest BCUT2D eigenvalue weighted by atomic mass is 9.96. The Labute approximate surface area is 203 Å². The van der Waals surface area contributed by atoms with Crippen molar-refractivity contribution in [2.75, 3.05) is 0 Å². The first-order chi connectivity index (χ1) is 16.9. The van der Waals surface area contributed by atoms with Crippen LogP contribution in [0.2, 0.25) is 0 Å². The Morgan fingerprint density at radius 1 is 0.886 bits per heavy atom. The number of halogens is 1. The van der Waals surface area contributed by atoms with E-state index in [1.165, 1.54) is 11.6 Å². The maximum Gasteiger partial charge on any atom is 0.216 e. The van der Waals surface area contributed by atoms with Gasteiger partial charge in [0.25, 0.3) is 0 Å². The summed E-state index contributed by atoms with van der Waals surface area (Å²) in [5.74, 6) is 0.0880. The number of aryl methyl sites for hydroxylation is 2. The van der Waals surface area contributed by atoms with Gasteiger partial charge in [-0.15, -0.1) is 0 Å². The van der Waals surface area contributed by atoms with Crippen LogP contribution >= 0.6 is 0 Å². The zero-order valence-corrected chi connectivity index (χ0v) is 20.3. The number of furan rings is 1. The van der Waals surface area contributed by atoms with Crippen molar-refractivity contribution < 1.29 is 13.4 Å². The summed E-state index contributed by atoms with van der Waals surface area (Å²) >= 11 is 0. The van der Waals surface area contributed by atoms with E-state index in [1.54, 1.807) is 6.20 Å². The minimum absolute atomic E-state index is 0.319. The van der Waals surface area contributed by atoms with Gasteiger partial charge in [-0.05, 0) is 42.2 Å². The molecule has 4 heteroatoms. The van der Waals surface area contributed by atoms with E-state index in [0.29, 0.717) is 17.1 Å². The third kappa shape index (κ3) is 3.32. The summed E-state index contributed by atoms with van der Waals surface area (Å²) in [6.07, 6.45) is 3.84. The van der Waals surface area contributed by atoms with E-state index in [2.05, 4.69) is 60.8 Å². The standard InChI is InChI=1S/C31H26FN2O/c1-18(2)21-14-16-34(4)26(17-21)27-19(3)10-11-22-23-12-13-25(32)28(31(23)35-30(22)27)24-9-5-7-20-8-6-15-33-29(20)24/h5-18H,1-4H3/q+1. The largest absolute Gasteiger partial charge is 0.454 e. The number of benzene rings is 3. The van der Waals surface area contributed by atoms with Gasteiger partial charge in [0.05, 0.1) is 16.6 Å². The molecule has 0 aliphatic carbocycles. The number of nitrogens with zero attached hydrogens (tertiary/aromatic N) is 2. The minimum Gasteiger partial charge on any atom is -0.454 e. The van der Waals surface area contributed by atoms with Crippen LogP contribution in [0.1, 0.15) is 30.9 Å². The molecule has 0 saturated heterocycles. The number of pyridine rings is 2. The first-order valence-corrected chi connectivity index (χ1v) is 11.9. The molecule has 3 heterocycles. The summed E-state index contributed by atoms with van der Waals surface area (Å²) < 4.78 is 24.2. The van der Waals surface area contributed by atoms with E-state index in [1.807, 2.05) is 43.4 Å². The molecule has 0 saturated carbocycles. The van der Waals surface area contributed by atoms with Crippen LogP contribution in [0.4, 0.5) is 4.39 Å². The molecule has 6 aromatic rings. The van der Waals surface area contributed by atoms with E-state index in [9.17, 15) is 0 Å². The number of fused-ring (bicyclic) bond motifs is 4. The summed E-state index contributed by atoms with van der Waals surface area (Å²) in [4.78, 5) is 4.56. The van der Waals surface area contributed by atoms with Gasteiger partial charge in [-0.2, -0.15) is 0 Å². The van der Waals surface area contributed by atoms with Gasteiger partial charge in [-0.3, -0.25) is 4.98 Å². The van der Waals surface area contributed by atoms with Gasteiger partial charge in [0.15, 0.2) is 6.20 Å². The number of hydrogen-bond acceptors (Lipinski definition) is 2. The van der Waals surface area contributed by atoms with Crippen molar-refractivity contribution in [2.45, 2.75) is 26.7 Å². The van der Waals surface area contributed by atoms with Crippen molar-refractivity contribution in [1.82, 2.24) is 4.98 Å². The first-order valence-electron chi connectivity index (χ1n) is 11.9. The molecule has 3 aromatic heterocycles. The average molecular weight is 462 g/mol. The summed E-state index contributed by atoms with van der Waals surface area (Å²) in [7, 11) is 2.05. The van der Waals surface area contributed by atoms with Crippen LogP contribution in [-0.4, -0.2) is 4.98 Å². The number of rotatable bonds is 3. The molecule has 0 aliphatic heterocycles. The summed E-state index contributed by atoms with van der Waals surface area (Å²) in [6, 6.07) is 21.7. The molecule has 0 fully saturated rings. The molecular weight excluding hydrogens is 435 g/mol. The number of hydrogen-bond donors (Lipinski definition) is 0. The molecular formula is C31H26FN2O+. The molecule has 6 rings (SSSR count). The van der Waals surface area contributed by atoms with Crippen LogP contribution in [-0.2, 0) is 7.05 Å². The van der Waals surface area contributed by atoms with Crippen molar-refractivity contribution in [1.29, 1.82) is 0 Å². The van der Waals surface area contributed by atoms with Crippen LogP contribution in [0.3, 0.4) is 0 Å². The van der Waals surface area contributed by atoms with Gasteiger partial charge in [-0.1, -0.05) is 50.2 Å². The second-order valence-electron chi connectivity index (χ2n) is 9.53. The highest BCUT2D eigenvalue weighted by atomic mass is 19.1. The van der Waals surface area contributed by atoms with Crippen LogP contribution in [0.5, 0.6) is 0 Å². The Morgan fingerprint density at radius 3 is 2.43 bits per heavy atom. The highest BCUT2D eigenvalue weighted by Gasteiger charge is 2.24. The van der Waals surface area contributed by atoms with E-state index in [4.69, 9.17) is 4.42 Å². The highest BCUT2D eigenvalue weighted by molar-refractivity contribution is 6.14. The maximum atomic E-state index is 15.5. The molecule has 0 atom stereocenters. The van der Waals surface area contributed by atoms with Gasteiger partial charge in [0, 0.05) is 40.1 Å². The van der Waals surface area contributed by atoms with Gasteiger partial charge >= 0.3 is 0 Å². The Morgan fingerprint density at radius 2 is 1.63 bits per heavy atom. The Kier molecular flexibility index (Phi) is 4.92. The van der Waals surface area contributed by atoms with Gasteiger partial charge in [0.2, 0.25) is 5.69 Å². The van der Waals surface area contributed by atoms with E-state index >= 15 is 4.39 Å². The van der Waals surface area contributed by atoms with Crippen molar-refractivity contribution in [3.63, 3.8) is 0 Å². The highest BCUT2D eigenvalue weighted by Crippen LogP contribution is 2.42. The number of aromatic nitrogens is 2. The molecule has 0 unspecified atom stereocenters. The fourth-order valence-electron chi connectivity index (χ4n) is 5.05. The molecule has 0 N–H and O–H groups in total. The predicted molar refractivity (Wildman–Crippen MR) is 140 cm³/mol. The molecule has 0 bridgehead atoms. The third-order valence-electron chi connectivity index (χ3n) is 6.97. The van der Waals surface area contributed by atoms with E-state index in [-0.39, 0.29) is 5.82 Å². The summed E-state index contributed by atoms with van der Waals surface area (Å²) in [5, 5.41) is 2.84. The van der Waals surface area contributed by atoms with Crippen LogP contribution < -0.4 is 4.57 Å². The summed E-state index contributed by atoms with van der Waals surface area (Å²) in [5.41, 5.74) is 7.75. The van der Waals surface area contributed by atoms with E-state index < -0.39 is 0 Å². The molecule has 172 valence electrons. The minimum atomic E-state index is -0.319. The van der Waals surface area contributed by atoms with E-state index in [0.717, 1.165) is 49.6 Å². The lowest BCUT2D eigenvalue weighted by molar-refractivity contribution is -0.660. The zero-order chi connectivity index (χ0) is 24.3. The fourth-order valence-corrected chi connectivity index (χ4v) is 5.05. The zero-order valence-electron chi connectivity index (χ0n) is 20.3. The van der Waals surface area contributed by atoms with Crippen molar-refractivity contribution in [3.8, 4) is 22.4 Å². The smallest absolute Gasteiger partial charge is 0.216 e. The second kappa shape index (κ2) is 8.02. The van der Waals surface area contributed by atoms with Crippen LogP contribution in [0.25, 0.3) is 55.2 Å². The average Bonchev–Trinajstić information content (AvgIpc) is 3.22. The number of para-hydroxylation sites is 1. The lowest BCUT2D eigenvalue weighted by Gasteiger charge is -2.09. The molecule has 0 spiro atoms. The Balaban J connectivity index is 1.72. The monoisotopic (exact) mass is 461 g/mol. The molecule has 3 nitrogen and oxygen atoms in total. The maximum absolute atomic E-state index is 15.5. The quantitative estimate of drug-likeness (QED) is 0.251. The summed E-state index contributed by atoms with van der Waals surface area (Å²) in [6.45, 7) is 6.49. The molecule has 3 aromatic carbocycles. The molecule has 0 amide bonds. The Bertz CT molecular complexity index is 1760. The van der Waals surface area contributed by atoms with Crippen LogP contribution in [0, 0.1) is 12.7 Å². The third-order valence-corrected chi connectivity index (χ3v) is 6.97. The topological polar surface area (TPSA) is 29.9 Å². The van der Waals surface area contributed by atoms with Gasteiger partial charge in [-0.25, -0.2) is 8.96 Å². The van der Waals surface area contributed by atoms with Crippen LogP contribution in [0.15, 0.2) is 83.5 Å². The fraction of sp³-hybridized carbons (Fsp3) is 0.161. The lowest BCUT2D eigenvalue weighted by Crippen LogP contribution is -2.31. The van der Waals surface area contributed by atoms with Gasteiger partial charge < -0.3 is 4.42 Å².